The van der Waals surface area contributed by atoms with Gasteiger partial charge in [-0.15, -0.1) is 0 Å². The molecule has 0 saturated carbocycles. The Kier molecular flexibility index (Phi) is 6.65. The van der Waals surface area contributed by atoms with Gasteiger partial charge in [-0.2, -0.15) is 13.2 Å². The molecule has 0 radical (unpaired) electrons. The number of hydrogen-bond donors (Lipinski definition) is 1. The summed E-state index contributed by atoms with van der Waals surface area (Å²) in [6.45, 7) is 3.20. The zero-order chi connectivity index (χ0) is 17.6. The molecule has 1 N–H and O–H groups in total. The number of nitrogens with zero attached hydrogens (tertiary/aromatic N) is 1. The lowest BCUT2D eigenvalue weighted by Crippen LogP contribution is -2.30. The quantitative estimate of drug-likeness (QED) is 0.789. The first-order chi connectivity index (χ1) is 11.3. The van der Waals surface area contributed by atoms with Crippen molar-refractivity contribution in [3.05, 3.63) is 29.8 Å². The molecule has 1 saturated heterocycles. The second kappa shape index (κ2) is 8.31. The summed E-state index contributed by atoms with van der Waals surface area (Å²) < 4.78 is 64.1. The van der Waals surface area contributed by atoms with Gasteiger partial charge in [-0.3, -0.25) is 0 Å². The molecular formula is C16H23F3N2O2S. The van der Waals surface area contributed by atoms with Crippen LogP contribution in [0.2, 0.25) is 0 Å². The lowest BCUT2D eigenvalue weighted by molar-refractivity contribution is -0.137. The fourth-order valence-electron chi connectivity index (χ4n) is 2.78. The molecule has 0 atom stereocenters. The molecule has 0 unspecified atom stereocenters. The molecule has 0 amide bonds. The summed E-state index contributed by atoms with van der Waals surface area (Å²) in [5.74, 6) is 0. The fraction of sp³-hybridized carbons (Fsp3) is 0.625. The fourth-order valence-corrected chi connectivity index (χ4v) is 3.85. The van der Waals surface area contributed by atoms with Crippen molar-refractivity contribution in [1.82, 2.24) is 9.62 Å². The van der Waals surface area contributed by atoms with Crippen molar-refractivity contribution in [2.45, 2.75) is 43.2 Å². The van der Waals surface area contributed by atoms with Gasteiger partial charge in [0.2, 0.25) is 10.0 Å². The molecule has 1 aliphatic heterocycles. The molecule has 136 valence electrons. The Bertz CT molecular complexity index is 607. The van der Waals surface area contributed by atoms with Gasteiger partial charge in [-0.25, -0.2) is 13.1 Å². The molecule has 0 aliphatic carbocycles. The Morgan fingerprint density at radius 3 is 2.12 bits per heavy atom. The van der Waals surface area contributed by atoms with Gasteiger partial charge in [0.15, 0.2) is 0 Å². The van der Waals surface area contributed by atoms with Crippen molar-refractivity contribution in [3.8, 4) is 0 Å². The van der Waals surface area contributed by atoms with Crippen LogP contribution in [0.25, 0.3) is 0 Å². The maximum Gasteiger partial charge on any atom is 0.416 e. The van der Waals surface area contributed by atoms with Gasteiger partial charge in [0.1, 0.15) is 0 Å². The minimum absolute atomic E-state index is 0.148. The van der Waals surface area contributed by atoms with Crippen molar-refractivity contribution in [2.24, 2.45) is 0 Å². The topological polar surface area (TPSA) is 49.4 Å². The summed E-state index contributed by atoms with van der Waals surface area (Å²) in [6.07, 6.45) is 1.06. The Morgan fingerprint density at radius 1 is 1.00 bits per heavy atom. The highest BCUT2D eigenvalue weighted by atomic mass is 32.2. The zero-order valence-corrected chi connectivity index (χ0v) is 14.3. The summed E-state index contributed by atoms with van der Waals surface area (Å²) in [6, 6.07) is 3.54. The van der Waals surface area contributed by atoms with Crippen LogP contribution in [0.15, 0.2) is 29.2 Å². The molecule has 2 rings (SSSR count). The summed E-state index contributed by atoms with van der Waals surface area (Å²) in [4.78, 5) is 2.18. The third kappa shape index (κ3) is 5.75. The van der Waals surface area contributed by atoms with Gasteiger partial charge < -0.3 is 4.90 Å². The third-order valence-electron chi connectivity index (χ3n) is 4.13. The number of sulfonamides is 1. The number of likely N-dealkylation sites (tertiary alicyclic amines) is 1. The van der Waals surface area contributed by atoms with E-state index in [0.717, 1.165) is 43.9 Å². The van der Waals surface area contributed by atoms with E-state index in [1.165, 1.54) is 25.7 Å². The highest BCUT2D eigenvalue weighted by molar-refractivity contribution is 7.89. The van der Waals surface area contributed by atoms with Gasteiger partial charge >= 0.3 is 6.18 Å². The summed E-state index contributed by atoms with van der Waals surface area (Å²) in [5.41, 5.74) is -0.859. The Morgan fingerprint density at radius 2 is 1.58 bits per heavy atom. The minimum atomic E-state index is -4.47. The van der Waals surface area contributed by atoms with Crippen LogP contribution in [0.5, 0.6) is 0 Å². The van der Waals surface area contributed by atoms with Crippen LogP contribution in [0, 0.1) is 0 Å². The first-order valence-electron chi connectivity index (χ1n) is 8.18. The first-order valence-corrected chi connectivity index (χ1v) is 9.67. The van der Waals surface area contributed by atoms with Crippen LogP contribution in [0.4, 0.5) is 13.2 Å². The van der Waals surface area contributed by atoms with Gasteiger partial charge in [0.05, 0.1) is 10.5 Å². The molecule has 0 spiro atoms. The zero-order valence-electron chi connectivity index (χ0n) is 13.5. The number of halogens is 3. The van der Waals surface area contributed by atoms with Crippen molar-refractivity contribution >= 4 is 10.0 Å². The van der Waals surface area contributed by atoms with Crippen LogP contribution >= 0.6 is 0 Å². The number of benzene rings is 1. The van der Waals surface area contributed by atoms with Crippen molar-refractivity contribution in [2.75, 3.05) is 26.2 Å². The third-order valence-corrected chi connectivity index (χ3v) is 5.61. The van der Waals surface area contributed by atoms with Crippen molar-refractivity contribution < 1.29 is 21.6 Å². The van der Waals surface area contributed by atoms with Crippen LogP contribution in [0.1, 0.15) is 37.7 Å². The van der Waals surface area contributed by atoms with E-state index >= 15 is 0 Å². The second-order valence-electron chi connectivity index (χ2n) is 6.03. The molecule has 24 heavy (non-hydrogen) atoms. The molecule has 4 nitrogen and oxygen atoms in total. The largest absolute Gasteiger partial charge is 0.416 e. The standard InChI is InChI=1S/C16H23F3N2O2S/c17-16(18,19)14-6-8-15(9-7-14)24(22,23)20-10-5-13-21-11-3-1-2-4-12-21/h6-9,20H,1-5,10-13H2. The average Bonchev–Trinajstić information content (AvgIpc) is 2.80. The smallest absolute Gasteiger partial charge is 0.303 e. The molecule has 0 bridgehead atoms. The number of nitrogens with one attached hydrogen (secondary N) is 1. The summed E-state index contributed by atoms with van der Waals surface area (Å²) in [5, 5.41) is 0. The van der Waals surface area contributed by atoms with E-state index in [9.17, 15) is 21.6 Å². The predicted molar refractivity (Wildman–Crippen MR) is 86.2 cm³/mol. The maximum atomic E-state index is 12.5. The lowest BCUT2D eigenvalue weighted by Gasteiger charge is -2.19. The van der Waals surface area contributed by atoms with Crippen LogP contribution in [-0.4, -0.2) is 39.5 Å². The summed E-state index contributed by atoms with van der Waals surface area (Å²) in [7, 11) is -3.77. The lowest BCUT2D eigenvalue weighted by atomic mass is 10.2. The molecule has 1 heterocycles. The molecule has 0 aromatic heterocycles. The van der Waals surface area contributed by atoms with Crippen LogP contribution in [0.3, 0.4) is 0 Å². The molecule has 1 aliphatic rings. The highest BCUT2D eigenvalue weighted by Crippen LogP contribution is 2.29. The van der Waals surface area contributed by atoms with Gasteiger partial charge in [0, 0.05) is 6.54 Å². The van der Waals surface area contributed by atoms with E-state index in [2.05, 4.69) is 9.62 Å². The van der Waals surface area contributed by atoms with Gasteiger partial charge in [-0.1, -0.05) is 12.8 Å². The van der Waals surface area contributed by atoms with E-state index in [4.69, 9.17) is 0 Å². The molecule has 1 fully saturated rings. The highest BCUT2D eigenvalue weighted by Gasteiger charge is 2.30. The van der Waals surface area contributed by atoms with Gasteiger partial charge in [0.25, 0.3) is 0 Å². The summed E-state index contributed by atoms with van der Waals surface area (Å²) >= 11 is 0. The first kappa shape index (κ1) is 19.2. The molecule has 1 aromatic carbocycles. The SMILES string of the molecule is O=S(=O)(NCCCN1CCCCCC1)c1ccc(C(F)(F)F)cc1. The van der Waals surface area contributed by atoms with E-state index in [1.54, 1.807) is 0 Å². The molecule has 1 aromatic rings. The number of hydrogen-bond acceptors (Lipinski definition) is 3. The van der Waals surface area contributed by atoms with E-state index in [1.807, 2.05) is 0 Å². The number of rotatable bonds is 6. The normalized spacial score (nSPS) is 17.6. The minimum Gasteiger partial charge on any atom is -0.303 e. The average molecular weight is 364 g/mol. The van der Waals surface area contributed by atoms with E-state index in [-0.39, 0.29) is 11.4 Å². The monoisotopic (exact) mass is 364 g/mol. The Labute approximate surface area is 141 Å². The van der Waals surface area contributed by atoms with Crippen molar-refractivity contribution in [3.63, 3.8) is 0 Å². The molecular weight excluding hydrogens is 341 g/mol. The van der Waals surface area contributed by atoms with Gasteiger partial charge in [-0.05, 0) is 63.2 Å². The molecule has 8 heteroatoms. The second-order valence-corrected chi connectivity index (χ2v) is 7.80. The van der Waals surface area contributed by atoms with Crippen LogP contribution in [-0.2, 0) is 16.2 Å². The van der Waals surface area contributed by atoms with E-state index in [0.29, 0.717) is 6.42 Å². The van der Waals surface area contributed by atoms with Crippen molar-refractivity contribution in [1.29, 1.82) is 0 Å². The number of alkyl halides is 3. The Hall–Kier alpha value is -1.12. The van der Waals surface area contributed by atoms with Crippen LogP contribution < -0.4 is 4.72 Å². The predicted octanol–water partition coefficient (Wildman–Crippen LogP) is 3.25. The maximum absolute atomic E-state index is 12.5. The van der Waals surface area contributed by atoms with E-state index < -0.39 is 21.8 Å². The Balaban J connectivity index is 1.82.